The average Bonchev–Trinajstić information content (AvgIpc) is 3.70. The number of benzene rings is 2. The van der Waals surface area contributed by atoms with Gasteiger partial charge in [0, 0.05) is 19.2 Å². The molecule has 5 heterocycles. The smallest absolute Gasteiger partial charge is 0.415 e. The molecule has 0 aliphatic carbocycles. The molecular weight excluding hydrogens is 528 g/mol. The molecule has 7 rings (SSSR count). The number of nitrogens with zero attached hydrogens (tertiary/aromatic N) is 4. The molecule has 5 aliphatic rings. The fourth-order valence-corrected chi connectivity index (χ4v) is 6.83. The number of imide groups is 1. The summed E-state index contributed by atoms with van der Waals surface area (Å²) in [5.74, 6) is 2.88. The molecule has 11 nitrogen and oxygen atoms in total. The third kappa shape index (κ3) is 3.37. The van der Waals surface area contributed by atoms with Gasteiger partial charge in [0.1, 0.15) is 18.1 Å². The Morgan fingerprint density at radius 3 is 2.80 bits per heavy atom. The van der Waals surface area contributed by atoms with E-state index in [4.69, 9.17) is 25.6 Å². The van der Waals surface area contributed by atoms with E-state index in [0.717, 1.165) is 11.3 Å². The van der Waals surface area contributed by atoms with E-state index in [1.165, 1.54) is 9.80 Å². The topological polar surface area (TPSA) is 121 Å². The molecule has 208 valence electrons. The van der Waals surface area contributed by atoms with Gasteiger partial charge >= 0.3 is 6.09 Å². The lowest BCUT2D eigenvalue weighted by Gasteiger charge is -2.38. The zero-order valence-corrected chi connectivity index (χ0v) is 22.2. The highest BCUT2D eigenvalue weighted by molar-refractivity contribution is 6.24. The van der Waals surface area contributed by atoms with Crippen molar-refractivity contribution in [3.8, 4) is 23.8 Å². The number of anilines is 1. The zero-order chi connectivity index (χ0) is 28.5. The first kappa shape index (κ1) is 25.2. The van der Waals surface area contributed by atoms with Crippen LogP contribution in [0, 0.1) is 12.3 Å². The molecule has 3 amide bonds. The van der Waals surface area contributed by atoms with Crippen LogP contribution in [-0.4, -0.2) is 77.8 Å². The van der Waals surface area contributed by atoms with Crippen LogP contribution >= 0.6 is 0 Å². The van der Waals surface area contributed by atoms with Crippen molar-refractivity contribution in [2.45, 2.75) is 36.9 Å². The molecule has 5 aliphatic heterocycles. The highest BCUT2D eigenvalue weighted by atomic mass is 16.7. The quantitative estimate of drug-likeness (QED) is 0.338. The van der Waals surface area contributed by atoms with Crippen LogP contribution in [0.1, 0.15) is 24.0 Å². The Kier molecular flexibility index (Phi) is 5.59. The number of amidine groups is 1. The molecule has 2 aromatic rings. The summed E-state index contributed by atoms with van der Waals surface area (Å²) in [5.41, 5.74) is 1.72. The van der Waals surface area contributed by atoms with Crippen LogP contribution in [0.2, 0.25) is 0 Å². The number of fused-ring (bicyclic) bond motifs is 3. The number of aliphatic hydroxyl groups is 1. The van der Waals surface area contributed by atoms with Gasteiger partial charge in [0.2, 0.25) is 6.79 Å². The van der Waals surface area contributed by atoms with Crippen LogP contribution in [0.4, 0.5) is 10.5 Å². The summed E-state index contributed by atoms with van der Waals surface area (Å²) in [4.78, 5) is 50.6. The summed E-state index contributed by atoms with van der Waals surface area (Å²) in [6.07, 6.45) is 5.14. The SMILES string of the molecule is C#CCCOC(=O)N1C2=NC3=C(C(=O)N(Cc4ccc5c(c4)OCO5)C3=O)C3N(C)c4ccccc4[C@]23C[C@H]1CO. The lowest BCUT2D eigenvalue weighted by molar-refractivity contribution is -0.138. The van der Waals surface area contributed by atoms with Gasteiger partial charge in [-0.25, -0.2) is 9.79 Å². The van der Waals surface area contributed by atoms with Gasteiger partial charge in [0.25, 0.3) is 11.8 Å². The summed E-state index contributed by atoms with van der Waals surface area (Å²) in [5, 5.41) is 10.4. The fraction of sp³-hybridized carbons (Fsp3) is 0.333. The minimum atomic E-state index is -0.965. The molecule has 41 heavy (non-hydrogen) atoms. The molecule has 1 saturated heterocycles. The van der Waals surface area contributed by atoms with E-state index in [0.29, 0.717) is 23.5 Å². The fourth-order valence-electron chi connectivity index (χ4n) is 6.83. The monoisotopic (exact) mass is 554 g/mol. The molecule has 3 atom stereocenters. The van der Waals surface area contributed by atoms with Crippen molar-refractivity contribution < 1.29 is 33.7 Å². The van der Waals surface area contributed by atoms with Gasteiger partial charge in [0.15, 0.2) is 11.5 Å². The predicted molar refractivity (Wildman–Crippen MR) is 145 cm³/mol. The van der Waals surface area contributed by atoms with Crippen LogP contribution in [0.25, 0.3) is 0 Å². The van der Waals surface area contributed by atoms with Gasteiger partial charge in [0.05, 0.1) is 36.2 Å². The number of amides is 3. The van der Waals surface area contributed by atoms with E-state index in [-0.39, 0.29) is 50.1 Å². The Bertz CT molecular complexity index is 1620. The van der Waals surface area contributed by atoms with E-state index >= 15 is 0 Å². The molecule has 11 heteroatoms. The van der Waals surface area contributed by atoms with Gasteiger partial charge in [-0.15, -0.1) is 12.3 Å². The third-order valence-electron chi connectivity index (χ3n) is 8.50. The minimum Gasteiger partial charge on any atom is -0.454 e. The Hall–Kier alpha value is -4.82. The minimum absolute atomic E-state index is 0.00114. The van der Waals surface area contributed by atoms with Crippen molar-refractivity contribution >= 4 is 29.4 Å². The van der Waals surface area contributed by atoms with E-state index in [1.54, 1.807) is 18.2 Å². The lowest BCUT2D eigenvalue weighted by Crippen LogP contribution is -2.54. The normalized spacial score (nSPS) is 25.1. The number of hydrogen-bond donors (Lipinski definition) is 1. The standard InChI is InChI=1S/C30H26N4O7/c1-3-4-11-39-29(38)34-18(15-35)13-30-19-7-5-6-8-20(19)32(2)25(30)23-24(31-28(30)34)27(37)33(26(23)36)14-17-9-10-21-22(12-17)41-16-40-21/h1,5-10,12,18,25,35H,4,11,13-16H2,2H3/t18-,25?,30-/m0/s1. The Morgan fingerprint density at radius 2 is 2.00 bits per heavy atom. The van der Waals surface area contributed by atoms with Gasteiger partial charge in [-0.1, -0.05) is 24.3 Å². The first-order valence-electron chi connectivity index (χ1n) is 13.3. The second kappa shape index (κ2) is 9.11. The number of hydrogen-bond acceptors (Lipinski definition) is 9. The number of rotatable bonds is 5. The van der Waals surface area contributed by atoms with E-state index < -0.39 is 35.4 Å². The number of aliphatic hydroxyl groups excluding tert-OH is 1. The summed E-state index contributed by atoms with van der Waals surface area (Å²) in [6.45, 7) is -0.230. The number of para-hydroxylation sites is 1. The molecular formula is C30H26N4O7. The molecule has 0 bridgehead atoms. The molecule has 0 aromatic heterocycles. The average molecular weight is 555 g/mol. The molecule has 1 unspecified atom stereocenters. The second-order valence-electron chi connectivity index (χ2n) is 10.6. The highest BCUT2D eigenvalue weighted by Gasteiger charge is 2.67. The van der Waals surface area contributed by atoms with Crippen LogP contribution in [0.5, 0.6) is 11.5 Å². The molecule has 1 N–H and O–H groups in total. The van der Waals surface area contributed by atoms with E-state index in [1.807, 2.05) is 36.2 Å². The maximum absolute atomic E-state index is 14.1. The van der Waals surface area contributed by atoms with Gasteiger partial charge < -0.3 is 24.2 Å². The van der Waals surface area contributed by atoms with E-state index in [9.17, 15) is 19.5 Å². The van der Waals surface area contributed by atoms with Crippen molar-refractivity contribution in [3.63, 3.8) is 0 Å². The van der Waals surface area contributed by atoms with Crippen LogP contribution in [0.3, 0.4) is 0 Å². The molecule has 0 radical (unpaired) electrons. The van der Waals surface area contributed by atoms with E-state index in [2.05, 4.69) is 5.92 Å². The largest absolute Gasteiger partial charge is 0.454 e. The van der Waals surface area contributed by atoms with Gasteiger partial charge in [-0.2, -0.15) is 0 Å². The number of carbonyl (C=O) groups is 3. The van der Waals surface area contributed by atoms with Crippen molar-refractivity contribution in [1.82, 2.24) is 9.80 Å². The first-order chi connectivity index (χ1) is 19.9. The number of carbonyl (C=O) groups excluding carboxylic acids is 3. The third-order valence-corrected chi connectivity index (χ3v) is 8.50. The van der Waals surface area contributed by atoms with Crippen molar-refractivity contribution in [2.75, 3.05) is 32.0 Å². The first-order valence-corrected chi connectivity index (χ1v) is 13.3. The summed E-state index contributed by atoms with van der Waals surface area (Å²) >= 11 is 0. The van der Waals surface area contributed by atoms with Crippen molar-refractivity contribution in [2.24, 2.45) is 4.99 Å². The molecule has 0 saturated carbocycles. The summed E-state index contributed by atoms with van der Waals surface area (Å²) < 4.78 is 16.3. The van der Waals surface area contributed by atoms with Gasteiger partial charge in [-0.3, -0.25) is 19.4 Å². The number of ether oxygens (including phenoxy) is 3. The van der Waals surface area contributed by atoms with Crippen LogP contribution in [0.15, 0.2) is 58.7 Å². The number of likely N-dealkylation sites (N-methyl/N-ethyl adjacent to an activating group) is 1. The Morgan fingerprint density at radius 1 is 1.20 bits per heavy atom. The Balaban J connectivity index is 1.33. The summed E-state index contributed by atoms with van der Waals surface area (Å²) in [7, 11) is 1.87. The van der Waals surface area contributed by atoms with Crippen molar-refractivity contribution in [3.05, 3.63) is 64.9 Å². The highest BCUT2D eigenvalue weighted by Crippen LogP contribution is 2.58. The number of likely N-dealkylation sites (tertiary alicyclic amines) is 1. The number of terminal acetylenes is 1. The molecule has 1 fully saturated rings. The van der Waals surface area contributed by atoms with Crippen molar-refractivity contribution in [1.29, 1.82) is 0 Å². The second-order valence-corrected chi connectivity index (χ2v) is 10.6. The predicted octanol–water partition coefficient (Wildman–Crippen LogP) is 1.93. The zero-order valence-electron chi connectivity index (χ0n) is 22.2. The molecule has 2 aromatic carbocycles. The maximum atomic E-state index is 14.1. The van der Waals surface area contributed by atoms with Crippen LogP contribution < -0.4 is 14.4 Å². The van der Waals surface area contributed by atoms with Crippen LogP contribution in [-0.2, 0) is 26.3 Å². The maximum Gasteiger partial charge on any atom is 0.415 e. The Labute approximate surface area is 235 Å². The number of aliphatic imine (C=N–C) groups is 1. The lowest BCUT2D eigenvalue weighted by atomic mass is 9.70. The van der Waals surface area contributed by atoms with Gasteiger partial charge in [-0.05, 0) is 35.7 Å². The summed E-state index contributed by atoms with van der Waals surface area (Å²) in [6, 6.07) is 11.6. The molecule has 1 spiro atoms.